The van der Waals surface area contributed by atoms with Gasteiger partial charge in [-0.1, -0.05) is 34.4 Å². The van der Waals surface area contributed by atoms with Crippen molar-refractivity contribution in [3.8, 4) is 5.75 Å². The van der Waals surface area contributed by atoms with Crippen LogP contribution in [0.3, 0.4) is 0 Å². The Morgan fingerprint density at radius 3 is 2.86 bits per heavy atom. The van der Waals surface area contributed by atoms with Crippen molar-refractivity contribution in [1.82, 2.24) is 0 Å². The van der Waals surface area contributed by atoms with E-state index in [-0.39, 0.29) is 0 Å². The maximum atomic E-state index is 11.6. The van der Waals surface area contributed by atoms with Crippen LogP contribution in [-0.4, -0.2) is 18.9 Å². The highest BCUT2D eigenvalue weighted by Gasteiger charge is 2.36. The number of cyclic esters (lactones) is 1. The Bertz CT molecular complexity index is 921. The Balaban J connectivity index is 1.43. The number of halogens is 2. The van der Waals surface area contributed by atoms with Crippen molar-refractivity contribution < 1.29 is 18.6 Å². The average molecular weight is 455 g/mol. The first-order chi connectivity index (χ1) is 13.9. The molecule has 1 heterocycles. The first kappa shape index (κ1) is 21.6. The largest absolute Gasteiger partial charge is 0.493 e. The Morgan fingerprint density at radius 2 is 2.07 bits per heavy atom. The lowest BCUT2D eigenvalue weighted by atomic mass is 9.94. The van der Waals surface area contributed by atoms with Gasteiger partial charge in [-0.15, -0.1) is 0 Å². The number of benzene rings is 2. The molecule has 1 aliphatic heterocycles. The van der Waals surface area contributed by atoms with Gasteiger partial charge in [0.15, 0.2) is 0 Å². The van der Waals surface area contributed by atoms with Crippen LogP contribution >= 0.6 is 35.2 Å². The lowest BCUT2D eigenvalue weighted by Crippen LogP contribution is -2.35. The number of anilines is 1. The van der Waals surface area contributed by atoms with E-state index in [1.807, 2.05) is 32.0 Å². The fourth-order valence-electron chi connectivity index (χ4n) is 2.83. The molecule has 0 unspecified atom stereocenters. The van der Waals surface area contributed by atoms with E-state index in [0.29, 0.717) is 34.5 Å². The SMILES string of the molecule is CC1(C)OC(=O)Nc2cccc(OCCCC=NOSc3ccc(Cl)c(Cl)c3)c21. The molecule has 1 N–H and O–H groups in total. The minimum atomic E-state index is -0.759. The summed E-state index contributed by atoms with van der Waals surface area (Å²) in [6.07, 6.45) is 2.66. The van der Waals surface area contributed by atoms with Gasteiger partial charge in [-0.2, -0.15) is 0 Å². The standard InChI is InChI=1S/C20H20Cl2N2O4S/c1-20(2)18-16(24-19(25)27-20)6-5-7-17(18)26-11-4-3-10-23-28-29-13-8-9-14(21)15(22)12-13/h5-10,12H,3-4,11H2,1-2H3,(H,24,25). The highest BCUT2D eigenvalue weighted by molar-refractivity contribution is 7.94. The van der Waals surface area contributed by atoms with Gasteiger partial charge >= 0.3 is 6.09 Å². The number of carbonyl (C=O) groups excluding carboxylic acids is 1. The van der Waals surface area contributed by atoms with Crippen LogP contribution in [-0.2, 0) is 14.6 Å². The number of fused-ring (bicyclic) bond motifs is 1. The molecule has 2 aromatic rings. The van der Waals surface area contributed by atoms with Crippen molar-refractivity contribution >= 4 is 53.2 Å². The lowest BCUT2D eigenvalue weighted by Gasteiger charge is -2.33. The molecule has 0 saturated heterocycles. The third kappa shape index (κ3) is 5.72. The summed E-state index contributed by atoms with van der Waals surface area (Å²) in [5.74, 6) is 0.691. The average Bonchev–Trinajstić information content (AvgIpc) is 2.65. The van der Waals surface area contributed by atoms with Crippen molar-refractivity contribution in [1.29, 1.82) is 0 Å². The monoisotopic (exact) mass is 454 g/mol. The maximum absolute atomic E-state index is 11.6. The summed E-state index contributed by atoms with van der Waals surface area (Å²) in [6.45, 7) is 4.17. The summed E-state index contributed by atoms with van der Waals surface area (Å²) < 4.78 is 16.5. The van der Waals surface area contributed by atoms with Gasteiger partial charge in [0.05, 0.1) is 32.8 Å². The Labute approximate surface area is 183 Å². The van der Waals surface area contributed by atoms with E-state index in [4.69, 9.17) is 37.0 Å². The molecule has 3 rings (SSSR count). The van der Waals surface area contributed by atoms with E-state index in [1.54, 1.807) is 24.4 Å². The van der Waals surface area contributed by atoms with Crippen LogP contribution in [0.25, 0.3) is 0 Å². The molecule has 2 aromatic carbocycles. The van der Waals surface area contributed by atoms with Crippen molar-refractivity contribution in [2.24, 2.45) is 5.16 Å². The Kier molecular flexibility index (Phi) is 7.16. The molecular weight excluding hydrogens is 435 g/mol. The molecule has 0 saturated carbocycles. The molecule has 0 fully saturated rings. The van der Waals surface area contributed by atoms with Crippen molar-refractivity contribution in [2.45, 2.75) is 37.2 Å². The number of hydrogen-bond acceptors (Lipinski definition) is 6. The van der Waals surface area contributed by atoms with Gasteiger partial charge < -0.3 is 13.8 Å². The van der Waals surface area contributed by atoms with Crippen LogP contribution in [0, 0.1) is 0 Å². The van der Waals surface area contributed by atoms with E-state index < -0.39 is 11.7 Å². The Morgan fingerprint density at radius 1 is 1.24 bits per heavy atom. The second-order valence-electron chi connectivity index (χ2n) is 6.72. The summed E-state index contributed by atoms with van der Waals surface area (Å²) in [5.41, 5.74) is 0.776. The molecule has 154 valence electrons. The number of rotatable bonds is 8. The third-order valence-corrected chi connectivity index (χ3v) is 5.44. The summed E-state index contributed by atoms with van der Waals surface area (Å²) in [7, 11) is 0. The quantitative estimate of drug-likeness (QED) is 0.209. The lowest BCUT2D eigenvalue weighted by molar-refractivity contribution is 0.0396. The highest BCUT2D eigenvalue weighted by atomic mass is 35.5. The van der Waals surface area contributed by atoms with Crippen molar-refractivity contribution in [2.75, 3.05) is 11.9 Å². The van der Waals surface area contributed by atoms with E-state index >= 15 is 0 Å². The number of carbonyl (C=O) groups is 1. The fourth-order valence-corrected chi connectivity index (χ4v) is 3.67. The van der Waals surface area contributed by atoms with E-state index in [2.05, 4.69) is 10.5 Å². The van der Waals surface area contributed by atoms with Crippen LogP contribution in [0.2, 0.25) is 10.0 Å². The predicted octanol–water partition coefficient (Wildman–Crippen LogP) is 6.66. The number of amides is 1. The van der Waals surface area contributed by atoms with Gasteiger partial charge in [0.2, 0.25) is 0 Å². The van der Waals surface area contributed by atoms with Crippen LogP contribution in [0.4, 0.5) is 10.5 Å². The molecule has 0 spiro atoms. The minimum Gasteiger partial charge on any atom is -0.493 e. The fraction of sp³-hybridized carbons (Fsp3) is 0.300. The smallest absolute Gasteiger partial charge is 0.412 e. The number of hydrogen-bond donors (Lipinski definition) is 1. The van der Waals surface area contributed by atoms with E-state index in [0.717, 1.165) is 28.9 Å². The second kappa shape index (κ2) is 9.61. The predicted molar refractivity (Wildman–Crippen MR) is 116 cm³/mol. The molecule has 0 aromatic heterocycles. The van der Waals surface area contributed by atoms with Crippen molar-refractivity contribution in [3.63, 3.8) is 0 Å². The van der Waals surface area contributed by atoms with Gasteiger partial charge in [-0.25, -0.2) is 4.79 Å². The van der Waals surface area contributed by atoms with Crippen molar-refractivity contribution in [3.05, 3.63) is 52.0 Å². The number of oxime groups is 1. The summed E-state index contributed by atoms with van der Waals surface area (Å²) in [4.78, 5) is 12.5. The molecule has 1 aliphatic rings. The van der Waals surface area contributed by atoms with Crippen LogP contribution in [0.5, 0.6) is 5.75 Å². The zero-order valence-corrected chi connectivity index (χ0v) is 18.2. The molecule has 29 heavy (non-hydrogen) atoms. The molecule has 0 radical (unpaired) electrons. The van der Waals surface area contributed by atoms with Gasteiger partial charge in [-0.3, -0.25) is 5.32 Å². The first-order valence-corrected chi connectivity index (χ1v) is 10.4. The maximum Gasteiger partial charge on any atom is 0.412 e. The number of unbranched alkanes of at least 4 members (excludes halogenated alkanes) is 1. The van der Waals surface area contributed by atoms with Gasteiger partial charge in [0.1, 0.15) is 23.4 Å². The van der Waals surface area contributed by atoms with E-state index in [9.17, 15) is 4.79 Å². The first-order valence-electron chi connectivity index (χ1n) is 8.93. The van der Waals surface area contributed by atoms with Crippen LogP contribution < -0.4 is 10.1 Å². The normalized spacial score (nSPS) is 14.8. The highest BCUT2D eigenvalue weighted by Crippen LogP contribution is 2.41. The number of nitrogens with zero attached hydrogens (tertiary/aromatic N) is 1. The van der Waals surface area contributed by atoms with Crippen LogP contribution in [0.15, 0.2) is 46.4 Å². The zero-order chi connectivity index (χ0) is 20.9. The molecule has 6 nitrogen and oxygen atoms in total. The van der Waals surface area contributed by atoms with Gasteiger partial charge in [-0.05, 0) is 57.0 Å². The van der Waals surface area contributed by atoms with E-state index in [1.165, 1.54) is 0 Å². The molecule has 0 bridgehead atoms. The number of nitrogens with one attached hydrogen (secondary N) is 1. The molecule has 9 heteroatoms. The van der Waals surface area contributed by atoms with Gasteiger partial charge in [0, 0.05) is 6.21 Å². The van der Waals surface area contributed by atoms with Crippen LogP contribution in [0.1, 0.15) is 32.3 Å². The molecular formula is C20H20Cl2N2O4S. The number of ether oxygens (including phenoxy) is 2. The molecule has 0 aliphatic carbocycles. The topological polar surface area (TPSA) is 69.2 Å². The second-order valence-corrected chi connectivity index (χ2v) is 8.32. The molecule has 1 amide bonds. The summed E-state index contributed by atoms with van der Waals surface area (Å²) in [6, 6.07) is 10.8. The molecule has 0 atom stereocenters. The minimum absolute atomic E-state index is 0.463. The van der Waals surface area contributed by atoms with Gasteiger partial charge in [0.25, 0.3) is 0 Å². The third-order valence-electron chi connectivity index (χ3n) is 4.09. The summed E-state index contributed by atoms with van der Waals surface area (Å²) in [5, 5.41) is 7.57. The summed E-state index contributed by atoms with van der Waals surface area (Å²) >= 11 is 12.9. The Hall–Kier alpha value is -2.09. The zero-order valence-electron chi connectivity index (χ0n) is 15.9.